The molecule has 0 bridgehead atoms. The van der Waals surface area contributed by atoms with Crippen molar-refractivity contribution < 1.29 is 38.5 Å². The number of ketones is 1. The second-order valence-electron chi connectivity index (χ2n) is 10.6. The summed E-state index contributed by atoms with van der Waals surface area (Å²) in [5.41, 5.74) is -0.772. The van der Waals surface area contributed by atoms with Gasteiger partial charge in [-0.05, 0) is 43.9 Å². The van der Waals surface area contributed by atoms with E-state index in [0.717, 1.165) is 0 Å². The number of benzene rings is 2. The highest BCUT2D eigenvalue weighted by Gasteiger charge is 2.50. The maximum absolute atomic E-state index is 12.6. The molecule has 0 fully saturated rings. The summed E-state index contributed by atoms with van der Waals surface area (Å²) in [7, 11) is 0. The zero-order chi connectivity index (χ0) is 30.1. The van der Waals surface area contributed by atoms with E-state index < -0.39 is 34.8 Å². The highest BCUT2D eigenvalue weighted by atomic mass is 16.6. The number of nitrogens with zero attached hydrogens (tertiary/aromatic N) is 1. The molecule has 0 spiro atoms. The number of Topliss-reactive ketones (excluding diaryl/α,β-unsaturated/α-hetero) is 1. The van der Waals surface area contributed by atoms with Crippen LogP contribution in [0.4, 0.5) is 0 Å². The Morgan fingerprint density at radius 2 is 1.68 bits per heavy atom. The van der Waals surface area contributed by atoms with Crippen LogP contribution in [-0.2, 0) is 22.6 Å². The third-order valence-corrected chi connectivity index (χ3v) is 7.12. The van der Waals surface area contributed by atoms with Crippen molar-refractivity contribution in [3.05, 3.63) is 93.2 Å². The van der Waals surface area contributed by atoms with E-state index in [1.165, 1.54) is 19.9 Å². The minimum atomic E-state index is -1.55. The number of rotatable bonds is 11. The van der Waals surface area contributed by atoms with Crippen molar-refractivity contribution in [1.29, 1.82) is 0 Å². The van der Waals surface area contributed by atoms with Crippen LogP contribution < -0.4 is 11.1 Å². The lowest BCUT2D eigenvalue weighted by atomic mass is 9.94. The predicted molar refractivity (Wildman–Crippen MR) is 147 cm³/mol. The van der Waals surface area contributed by atoms with Gasteiger partial charge in [0.1, 0.15) is 22.7 Å². The van der Waals surface area contributed by atoms with Crippen LogP contribution in [0.25, 0.3) is 11.1 Å². The summed E-state index contributed by atoms with van der Waals surface area (Å²) in [5.74, 6) is -4.14. The summed E-state index contributed by atoms with van der Waals surface area (Å²) < 4.78 is 10.3. The van der Waals surface area contributed by atoms with Crippen molar-refractivity contribution in [2.45, 2.75) is 64.8 Å². The molecule has 0 radical (unpaired) electrons. The molecule has 0 aliphatic carbocycles. The van der Waals surface area contributed by atoms with Gasteiger partial charge in [0.25, 0.3) is 5.78 Å². The third kappa shape index (κ3) is 5.80. The molecular formula is C30H32N2O9. The van der Waals surface area contributed by atoms with E-state index >= 15 is 0 Å². The zero-order valence-corrected chi connectivity index (χ0v) is 23.2. The first kappa shape index (κ1) is 29.3. The number of aryl methyl sites for hydroxylation is 1. The van der Waals surface area contributed by atoms with Crippen LogP contribution in [-0.4, -0.2) is 49.2 Å². The van der Waals surface area contributed by atoms with Gasteiger partial charge in [-0.2, -0.15) is 0 Å². The van der Waals surface area contributed by atoms with Crippen molar-refractivity contribution in [1.82, 2.24) is 10.2 Å². The van der Waals surface area contributed by atoms with Gasteiger partial charge in [0, 0.05) is 12.1 Å². The molecule has 1 aromatic heterocycles. The molecule has 0 saturated heterocycles. The molecule has 1 unspecified atom stereocenters. The van der Waals surface area contributed by atoms with E-state index in [4.69, 9.17) is 8.83 Å². The number of carboxylic acids is 2. The highest BCUT2D eigenvalue weighted by molar-refractivity contribution is 6.41. The predicted octanol–water partition coefficient (Wildman–Crippen LogP) is 3.69. The summed E-state index contributed by atoms with van der Waals surface area (Å²) in [6.07, 6.45) is 1.14. The van der Waals surface area contributed by atoms with Crippen LogP contribution in [0.1, 0.15) is 61.1 Å². The molecule has 0 amide bonds. The van der Waals surface area contributed by atoms with Crippen LogP contribution in [0.5, 0.6) is 0 Å². The fourth-order valence-corrected chi connectivity index (χ4v) is 5.26. The number of aliphatic carboxylic acids is 2. The van der Waals surface area contributed by atoms with Crippen molar-refractivity contribution >= 4 is 17.7 Å². The van der Waals surface area contributed by atoms with E-state index in [9.17, 15) is 34.5 Å². The van der Waals surface area contributed by atoms with Crippen molar-refractivity contribution in [2.24, 2.45) is 0 Å². The largest absolute Gasteiger partial charge is 0.519 e. The molecule has 4 N–H and O–H groups in total. The summed E-state index contributed by atoms with van der Waals surface area (Å²) in [6.45, 7) is 6.62. The molecule has 4 rings (SSSR count). The Bertz CT molecular complexity index is 1570. The van der Waals surface area contributed by atoms with E-state index in [1.54, 1.807) is 54.3 Å². The number of carbonyl (C=O) groups excluding carboxylic acids is 1. The van der Waals surface area contributed by atoms with Gasteiger partial charge in [-0.15, -0.1) is 0 Å². The third-order valence-electron chi connectivity index (χ3n) is 7.12. The minimum Gasteiger partial charge on any atom is -0.477 e. The van der Waals surface area contributed by atoms with Crippen LogP contribution in [0, 0.1) is 6.92 Å². The van der Waals surface area contributed by atoms with Gasteiger partial charge in [-0.3, -0.25) is 4.79 Å². The van der Waals surface area contributed by atoms with Gasteiger partial charge < -0.3 is 34.4 Å². The number of carboxylic acid groups (broad SMARTS) is 2. The molecule has 11 nitrogen and oxygen atoms in total. The summed E-state index contributed by atoms with van der Waals surface area (Å²) in [5, 5.41) is 33.8. The molecule has 1 aliphatic heterocycles. The fraction of sp³-hybridized carbons (Fsp3) is 0.333. The molecule has 2 aromatic carbocycles. The SMILES string of the molecule is CCCC1(Cc2oc(=O)oc2C)NC(C(C)(C)O)=C(C(=O)O)N1Cc1ccc(-c2ccccc2C(=O)C(=O)O)cc1. The maximum Gasteiger partial charge on any atom is 0.519 e. The topological polar surface area (TPSA) is 171 Å². The van der Waals surface area contributed by atoms with Crippen molar-refractivity contribution in [3.63, 3.8) is 0 Å². The molecule has 1 atom stereocenters. The zero-order valence-electron chi connectivity index (χ0n) is 23.2. The number of carbonyl (C=O) groups is 3. The van der Waals surface area contributed by atoms with Gasteiger partial charge in [0.2, 0.25) is 0 Å². The van der Waals surface area contributed by atoms with E-state index in [-0.39, 0.29) is 41.4 Å². The summed E-state index contributed by atoms with van der Waals surface area (Å²) >= 11 is 0. The lowest BCUT2D eigenvalue weighted by Crippen LogP contribution is -2.55. The van der Waals surface area contributed by atoms with Crippen LogP contribution in [0.2, 0.25) is 0 Å². The van der Waals surface area contributed by atoms with Gasteiger partial charge in [-0.1, -0.05) is 61.9 Å². The van der Waals surface area contributed by atoms with Gasteiger partial charge >= 0.3 is 17.8 Å². The Kier molecular flexibility index (Phi) is 7.94. The Balaban J connectivity index is 1.78. The lowest BCUT2D eigenvalue weighted by molar-refractivity contribution is -0.135. The smallest absolute Gasteiger partial charge is 0.477 e. The van der Waals surface area contributed by atoms with Crippen molar-refractivity contribution in [2.75, 3.05) is 0 Å². The summed E-state index contributed by atoms with van der Waals surface area (Å²) in [6, 6.07) is 13.4. The molecule has 3 aromatic rings. The molecular weight excluding hydrogens is 532 g/mol. The highest BCUT2D eigenvalue weighted by Crippen LogP contribution is 2.40. The maximum atomic E-state index is 12.6. The molecule has 2 heterocycles. The van der Waals surface area contributed by atoms with Gasteiger partial charge in [0.05, 0.1) is 12.1 Å². The Morgan fingerprint density at radius 1 is 1.02 bits per heavy atom. The number of hydrogen-bond acceptors (Lipinski definition) is 9. The molecule has 0 saturated carbocycles. The van der Waals surface area contributed by atoms with E-state index in [2.05, 4.69) is 5.32 Å². The Labute approximate surface area is 235 Å². The first-order chi connectivity index (χ1) is 19.3. The summed E-state index contributed by atoms with van der Waals surface area (Å²) in [4.78, 5) is 49.7. The van der Waals surface area contributed by atoms with Crippen LogP contribution in [0.15, 0.2) is 73.6 Å². The molecule has 1 aliphatic rings. The van der Waals surface area contributed by atoms with E-state index in [0.29, 0.717) is 29.5 Å². The first-order valence-corrected chi connectivity index (χ1v) is 13.1. The lowest BCUT2D eigenvalue weighted by Gasteiger charge is -2.41. The first-order valence-electron chi connectivity index (χ1n) is 13.1. The molecule has 11 heteroatoms. The molecule has 216 valence electrons. The Morgan fingerprint density at radius 3 is 2.22 bits per heavy atom. The van der Waals surface area contributed by atoms with Crippen LogP contribution in [0.3, 0.4) is 0 Å². The fourth-order valence-electron chi connectivity index (χ4n) is 5.26. The Hall–Kier alpha value is -4.64. The van der Waals surface area contributed by atoms with Gasteiger partial charge in [-0.25, -0.2) is 14.4 Å². The average molecular weight is 565 g/mol. The standard InChI is InChI=1S/C30H32N2O9/c1-5-14-30(15-22-17(2)40-28(38)41-22)31-25(29(3,4)39)23(26(34)35)32(30)16-18-10-12-19(13-11-18)20-8-6-7-9-21(20)24(33)27(36)37/h6-13,31,39H,5,14-16H2,1-4H3,(H,34,35)(H,36,37). The minimum absolute atomic E-state index is 0.0568. The van der Waals surface area contributed by atoms with E-state index in [1.807, 2.05) is 6.92 Å². The second kappa shape index (κ2) is 11.1. The van der Waals surface area contributed by atoms with Gasteiger partial charge in [0.15, 0.2) is 5.76 Å². The number of hydrogen-bond donors (Lipinski definition) is 4. The number of aliphatic hydroxyl groups is 1. The van der Waals surface area contributed by atoms with Crippen molar-refractivity contribution in [3.8, 4) is 11.1 Å². The second-order valence-corrected chi connectivity index (χ2v) is 10.6. The quantitative estimate of drug-likeness (QED) is 0.198. The molecule has 41 heavy (non-hydrogen) atoms. The number of nitrogens with one attached hydrogen (secondary N) is 1. The van der Waals surface area contributed by atoms with Crippen LogP contribution >= 0.6 is 0 Å². The average Bonchev–Trinajstić information content (AvgIpc) is 3.39. The monoisotopic (exact) mass is 564 g/mol. The normalized spacial score (nSPS) is 17.0.